The van der Waals surface area contributed by atoms with Crippen LogP contribution in [0.5, 0.6) is 0 Å². The SMILES string of the molecule is CCOCn1cccc1/C=C(\C#N)c1ccc(Br)cc1. The summed E-state index contributed by atoms with van der Waals surface area (Å²) in [6.45, 7) is 3.12. The summed E-state index contributed by atoms with van der Waals surface area (Å²) in [6, 6.07) is 13.9. The number of aromatic nitrogens is 1. The van der Waals surface area contributed by atoms with Crippen LogP contribution in [0.4, 0.5) is 0 Å². The highest BCUT2D eigenvalue weighted by Gasteiger charge is 2.04. The number of hydrogen-bond donors (Lipinski definition) is 0. The van der Waals surface area contributed by atoms with Gasteiger partial charge >= 0.3 is 0 Å². The molecule has 0 bridgehead atoms. The van der Waals surface area contributed by atoms with Crippen LogP contribution in [-0.4, -0.2) is 11.2 Å². The third-order valence-electron chi connectivity index (χ3n) is 2.87. The van der Waals surface area contributed by atoms with E-state index in [-0.39, 0.29) is 0 Å². The summed E-state index contributed by atoms with van der Waals surface area (Å²) in [7, 11) is 0. The van der Waals surface area contributed by atoms with Crippen molar-refractivity contribution >= 4 is 27.6 Å². The van der Waals surface area contributed by atoms with Gasteiger partial charge in [-0.2, -0.15) is 5.26 Å². The van der Waals surface area contributed by atoms with E-state index in [9.17, 15) is 5.26 Å². The zero-order valence-electron chi connectivity index (χ0n) is 11.2. The van der Waals surface area contributed by atoms with E-state index in [1.54, 1.807) is 0 Å². The topological polar surface area (TPSA) is 38.0 Å². The predicted molar refractivity (Wildman–Crippen MR) is 83.7 cm³/mol. The van der Waals surface area contributed by atoms with E-state index >= 15 is 0 Å². The molecule has 0 unspecified atom stereocenters. The minimum absolute atomic E-state index is 0.494. The number of benzene rings is 1. The van der Waals surface area contributed by atoms with Crippen LogP contribution in [0.3, 0.4) is 0 Å². The lowest BCUT2D eigenvalue weighted by Crippen LogP contribution is -2.02. The Labute approximate surface area is 127 Å². The van der Waals surface area contributed by atoms with Gasteiger partial charge in [0, 0.05) is 23.0 Å². The Morgan fingerprint density at radius 3 is 2.75 bits per heavy atom. The van der Waals surface area contributed by atoms with Crippen molar-refractivity contribution in [3.8, 4) is 6.07 Å². The Bertz CT molecular complexity index is 635. The second-order valence-electron chi connectivity index (χ2n) is 4.20. The average molecular weight is 331 g/mol. The van der Waals surface area contributed by atoms with Crippen molar-refractivity contribution in [1.82, 2.24) is 4.57 Å². The molecule has 0 atom stereocenters. The first-order chi connectivity index (χ1) is 9.74. The number of rotatable bonds is 5. The lowest BCUT2D eigenvalue weighted by atomic mass is 10.1. The molecule has 0 fully saturated rings. The van der Waals surface area contributed by atoms with Crippen molar-refractivity contribution in [2.45, 2.75) is 13.7 Å². The first-order valence-electron chi connectivity index (χ1n) is 6.35. The first kappa shape index (κ1) is 14.6. The number of nitrogens with zero attached hydrogens (tertiary/aromatic N) is 2. The molecule has 3 nitrogen and oxygen atoms in total. The Morgan fingerprint density at radius 2 is 2.10 bits per heavy atom. The monoisotopic (exact) mass is 330 g/mol. The largest absolute Gasteiger partial charge is 0.361 e. The van der Waals surface area contributed by atoms with Crippen molar-refractivity contribution in [2.75, 3.05) is 6.61 Å². The van der Waals surface area contributed by atoms with Crippen LogP contribution >= 0.6 is 15.9 Å². The summed E-state index contributed by atoms with van der Waals surface area (Å²) in [5, 5.41) is 9.34. The molecule has 20 heavy (non-hydrogen) atoms. The highest BCUT2D eigenvalue weighted by molar-refractivity contribution is 9.10. The zero-order valence-corrected chi connectivity index (χ0v) is 12.8. The molecule has 0 spiro atoms. The van der Waals surface area contributed by atoms with Gasteiger partial charge < -0.3 is 9.30 Å². The van der Waals surface area contributed by atoms with Gasteiger partial charge in [0.05, 0.1) is 11.6 Å². The molecule has 1 aromatic carbocycles. The van der Waals surface area contributed by atoms with Crippen LogP contribution in [0, 0.1) is 11.3 Å². The minimum Gasteiger partial charge on any atom is -0.361 e. The fraction of sp³-hybridized carbons (Fsp3) is 0.188. The Kier molecular flexibility index (Phi) is 5.16. The van der Waals surface area contributed by atoms with E-state index in [0.29, 0.717) is 18.9 Å². The molecule has 0 saturated carbocycles. The maximum atomic E-state index is 9.34. The van der Waals surface area contributed by atoms with Gasteiger partial charge in [0.25, 0.3) is 0 Å². The molecule has 0 saturated heterocycles. The van der Waals surface area contributed by atoms with Gasteiger partial charge in [-0.15, -0.1) is 0 Å². The average Bonchev–Trinajstić information content (AvgIpc) is 2.91. The van der Waals surface area contributed by atoms with Gasteiger partial charge in [0.1, 0.15) is 6.73 Å². The molecule has 1 aromatic heterocycles. The van der Waals surface area contributed by atoms with E-state index in [1.165, 1.54) is 0 Å². The summed E-state index contributed by atoms with van der Waals surface area (Å²) >= 11 is 3.39. The number of nitriles is 1. The second-order valence-corrected chi connectivity index (χ2v) is 5.12. The maximum Gasteiger partial charge on any atom is 0.122 e. The molecule has 4 heteroatoms. The number of hydrogen-bond acceptors (Lipinski definition) is 2. The van der Waals surface area contributed by atoms with E-state index in [4.69, 9.17) is 4.74 Å². The van der Waals surface area contributed by atoms with Crippen LogP contribution in [-0.2, 0) is 11.5 Å². The molecule has 0 aliphatic carbocycles. The predicted octanol–water partition coefficient (Wildman–Crippen LogP) is 4.31. The summed E-state index contributed by atoms with van der Waals surface area (Å²) in [4.78, 5) is 0. The standard InChI is InChI=1S/C16H15BrN2O/c1-2-20-12-19-9-3-4-16(19)10-14(11-18)13-5-7-15(17)8-6-13/h3-10H,2,12H2,1H3/b14-10+. The highest BCUT2D eigenvalue weighted by Crippen LogP contribution is 2.20. The van der Waals surface area contributed by atoms with Gasteiger partial charge in [0.15, 0.2) is 0 Å². The molecule has 1 heterocycles. The van der Waals surface area contributed by atoms with Crippen molar-refractivity contribution in [3.05, 3.63) is 58.3 Å². The van der Waals surface area contributed by atoms with Crippen molar-refractivity contribution in [3.63, 3.8) is 0 Å². The number of allylic oxidation sites excluding steroid dienone is 1. The summed E-state index contributed by atoms with van der Waals surface area (Å²) < 4.78 is 8.37. The second kappa shape index (κ2) is 7.09. The molecule has 102 valence electrons. The van der Waals surface area contributed by atoms with Crippen LogP contribution in [0.1, 0.15) is 18.2 Å². The third-order valence-corrected chi connectivity index (χ3v) is 3.40. The fourth-order valence-corrected chi connectivity index (χ4v) is 2.09. The third kappa shape index (κ3) is 3.60. The van der Waals surface area contributed by atoms with Crippen LogP contribution < -0.4 is 0 Å². The highest BCUT2D eigenvalue weighted by atomic mass is 79.9. The van der Waals surface area contributed by atoms with Crippen molar-refractivity contribution < 1.29 is 4.74 Å². The molecule has 0 aliphatic rings. The van der Waals surface area contributed by atoms with Crippen molar-refractivity contribution in [2.24, 2.45) is 0 Å². The zero-order chi connectivity index (χ0) is 14.4. The van der Waals surface area contributed by atoms with Gasteiger partial charge in [-0.1, -0.05) is 28.1 Å². The molecule has 0 radical (unpaired) electrons. The smallest absolute Gasteiger partial charge is 0.122 e. The van der Waals surface area contributed by atoms with E-state index in [2.05, 4.69) is 22.0 Å². The minimum atomic E-state index is 0.494. The molecule has 2 rings (SSSR count). The molecule has 0 amide bonds. The van der Waals surface area contributed by atoms with E-state index < -0.39 is 0 Å². The Balaban J connectivity index is 2.30. The molecular weight excluding hydrogens is 316 g/mol. The Morgan fingerprint density at radius 1 is 1.35 bits per heavy atom. The fourth-order valence-electron chi connectivity index (χ4n) is 1.82. The van der Waals surface area contributed by atoms with Gasteiger partial charge in [-0.25, -0.2) is 0 Å². The first-order valence-corrected chi connectivity index (χ1v) is 7.14. The van der Waals surface area contributed by atoms with Gasteiger partial charge in [0.2, 0.25) is 0 Å². The molecular formula is C16H15BrN2O. The Hall–Kier alpha value is -1.83. The molecule has 0 N–H and O–H groups in total. The van der Waals surface area contributed by atoms with E-state index in [0.717, 1.165) is 15.7 Å². The molecule has 2 aromatic rings. The lowest BCUT2D eigenvalue weighted by Gasteiger charge is -2.07. The summed E-state index contributed by atoms with van der Waals surface area (Å²) in [5.74, 6) is 0. The van der Waals surface area contributed by atoms with Crippen molar-refractivity contribution in [1.29, 1.82) is 5.26 Å². The summed E-state index contributed by atoms with van der Waals surface area (Å²) in [6.07, 6.45) is 3.82. The normalized spacial score (nSPS) is 11.3. The number of ether oxygens (including phenoxy) is 1. The van der Waals surface area contributed by atoms with Crippen LogP contribution in [0.25, 0.3) is 11.6 Å². The quantitative estimate of drug-likeness (QED) is 0.766. The van der Waals surface area contributed by atoms with Gasteiger partial charge in [-0.05, 0) is 42.8 Å². The lowest BCUT2D eigenvalue weighted by molar-refractivity contribution is 0.0877. The van der Waals surface area contributed by atoms with Crippen LogP contribution in [0.15, 0.2) is 47.1 Å². The molecule has 0 aliphatic heterocycles. The van der Waals surface area contributed by atoms with Gasteiger partial charge in [-0.3, -0.25) is 0 Å². The maximum absolute atomic E-state index is 9.34. The van der Waals surface area contributed by atoms with E-state index in [1.807, 2.05) is 60.2 Å². The van der Waals surface area contributed by atoms with Crippen LogP contribution in [0.2, 0.25) is 0 Å². The summed E-state index contributed by atoms with van der Waals surface area (Å²) in [5.41, 5.74) is 2.49. The number of halogens is 1.